The van der Waals surface area contributed by atoms with Crippen LogP contribution in [0.3, 0.4) is 0 Å². The molecular formula is C17H12O5. The molecule has 0 radical (unpaired) electrons. The van der Waals surface area contributed by atoms with Gasteiger partial charge in [-0.25, -0.2) is 0 Å². The van der Waals surface area contributed by atoms with Crippen LogP contribution in [0.4, 0.5) is 0 Å². The number of esters is 1. The number of hydrogen-bond acceptors (Lipinski definition) is 5. The third-order valence-electron chi connectivity index (χ3n) is 3.54. The minimum atomic E-state index is -1.77. The first-order valence-corrected chi connectivity index (χ1v) is 6.72. The Hall–Kier alpha value is -2.79. The van der Waals surface area contributed by atoms with E-state index in [2.05, 4.69) is 0 Å². The van der Waals surface area contributed by atoms with Gasteiger partial charge in [0, 0.05) is 5.56 Å². The second-order valence-electron chi connectivity index (χ2n) is 4.93. The summed E-state index contributed by atoms with van der Waals surface area (Å²) in [4.78, 5) is 36.6. The first-order valence-electron chi connectivity index (χ1n) is 6.72. The van der Waals surface area contributed by atoms with Gasteiger partial charge >= 0.3 is 5.97 Å². The van der Waals surface area contributed by atoms with E-state index in [1.807, 2.05) is 0 Å². The number of Topliss-reactive ketones (excluding diaryl/α,β-unsaturated/α-hetero) is 2. The van der Waals surface area contributed by atoms with Crippen LogP contribution in [0, 0.1) is 5.92 Å². The Labute approximate surface area is 126 Å². The molecular weight excluding hydrogens is 284 g/mol. The molecule has 0 aliphatic carbocycles. The maximum atomic E-state index is 12.4. The van der Waals surface area contributed by atoms with Gasteiger partial charge < -0.3 is 9.84 Å². The Morgan fingerprint density at radius 2 is 1.64 bits per heavy atom. The van der Waals surface area contributed by atoms with Crippen molar-refractivity contribution in [2.45, 2.75) is 6.10 Å². The van der Waals surface area contributed by atoms with E-state index in [0.717, 1.165) is 0 Å². The minimum Gasteiger partial charge on any atom is -0.425 e. The fourth-order valence-corrected chi connectivity index (χ4v) is 2.40. The van der Waals surface area contributed by atoms with Gasteiger partial charge in [0.05, 0.1) is 5.56 Å². The van der Waals surface area contributed by atoms with Crippen LogP contribution >= 0.6 is 0 Å². The van der Waals surface area contributed by atoms with Crippen molar-refractivity contribution >= 4 is 17.5 Å². The maximum Gasteiger partial charge on any atom is 0.325 e. The molecule has 1 N–H and O–H groups in total. The number of carbonyl (C=O) groups is 3. The monoisotopic (exact) mass is 296 g/mol. The van der Waals surface area contributed by atoms with Gasteiger partial charge in [-0.05, 0) is 12.1 Å². The average molecular weight is 296 g/mol. The van der Waals surface area contributed by atoms with Crippen molar-refractivity contribution in [3.63, 3.8) is 0 Å². The minimum absolute atomic E-state index is 0.146. The lowest BCUT2D eigenvalue weighted by Gasteiger charge is -2.24. The van der Waals surface area contributed by atoms with Crippen molar-refractivity contribution in [1.29, 1.82) is 0 Å². The van der Waals surface area contributed by atoms with Crippen LogP contribution in [0.25, 0.3) is 0 Å². The Morgan fingerprint density at radius 3 is 2.36 bits per heavy atom. The van der Waals surface area contributed by atoms with Crippen LogP contribution in [0.2, 0.25) is 0 Å². The Kier molecular flexibility index (Phi) is 3.56. The van der Waals surface area contributed by atoms with Gasteiger partial charge in [0.1, 0.15) is 11.9 Å². The maximum absolute atomic E-state index is 12.4. The fourth-order valence-electron chi connectivity index (χ4n) is 2.40. The van der Waals surface area contributed by atoms with E-state index < -0.39 is 29.6 Å². The fraction of sp³-hybridized carbons (Fsp3) is 0.118. The molecule has 1 aliphatic heterocycles. The van der Waals surface area contributed by atoms with Crippen molar-refractivity contribution in [2.24, 2.45) is 5.92 Å². The number of aliphatic hydroxyl groups is 1. The van der Waals surface area contributed by atoms with E-state index in [9.17, 15) is 19.5 Å². The highest BCUT2D eigenvalue weighted by Crippen LogP contribution is 2.30. The molecule has 2 aromatic rings. The van der Waals surface area contributed by atoms with Crippen LogP contribution in [0.15, 0.2) is 54.6 Å². The molecule has 3 rings (SSSR count). The van der Waals surface area contributed by atoms with Crippen molar-refractivity contribution in [3.8, 4) is 5.75 Å². The Morgan fingerprint density at radius 1 is 1.00 bits per heavy atom. The second-order valence-corrected chi connectivity index (χ2v) is 4.93. The molecule has 0 saturated heterocycles. The van der Waals surface area contributed by atoms with Crippen LogP contribution in [-0.4, -0.2) is 28.7 Å². The first-order chi connectivity index (χ1) is 10.6. The second kappa shape index (κ2) is 5.54. The topological polar surface area (TPSA) is 80.7 Å². The molecule has 0 spiro atoms. The van der Waals surface area contributed by atoms with Crippen LogP contribution in [0.1, 0.15) is 20.7 Å². The summed E-state index contributed by atoms with van der Waals surface area (Å²) in [5.41, 5.74) is 0.418. The van der Waals surface area contributed by atoms with Gasteiger partial charge in [0.15, 0.2) is 17.5 Å². The van der Waals surface area contributed by atoms with Gasteiger partial charge in [-0.3, -0.25) is 14.4 Å². The van der Waals surface area contributed by atoms with Gasteiger partial charge in [-0.1, -0.05) is 42.5 Å². The van der Waals surface area contributed by atoms with Gasteiger partial charge in [-0.2, -0.15) is 0 Å². The zero-order chi connectivity index (χ0) is 15.7. The highest BCUT2D eigenvalue weighted by Gasteiger charge is 2.44. The van der Waals surface area contributed by atoms with Gasteiger partial charge in [-0.15, -0.1) is 0 Å². The average Bonchev–Trinajstić information content (AvgIpc) is 2.55. The van der Waals surface area contributed by atoms with Crippen LogP contribution in [-0.2, 0) is 4.79 Å². The largest absolute Gasteiger partial charge is 0.425 e. The Balaban J connectivity index is 1.93. The first kappa shape index (κ1) is 14.2. The summed E-state index contributed by atoms with van der Waals surface area (Å²) in [7, 11) is 0. The molecule has 0 fully saturated rings. The van der Waals surface area contributed by atoms with E-state index in [0.29, 0.717) is 0 Å². The number of aliphatic hydroxyl groups excluding tert-OH is 1. The third-order valence-corrected chi connectivity index (χ3v) is 3.54. The summed E-state index contributed by atoms with van der Waals surface area (Å²) in [5, 5.41) is 10.2. The van der Waals surface area contributed by atoms with Gasteiger partial charge in [0.25, 0.3) is 0 Å². The summed E-state index contributed by atoms with van der Waals surface area (Å²) < 4.78 is 5.05. The van der Waals surface area contributed by atoms with Crippen LogP contribution < -0.4 is 4.74 Å². The normalized spacial score (nSPS) is 18.3. The number of ketones is 2. The van der Waals surface area contributed by atoms with Crippen molar-refractivity contribution in [3.05, 3.63) is 65.7 Å². The zero-order valence-electron chi connectivity index (χ0n) is 11.4. The molecule has 0 bridgehead atoms. The number of para-hydroxylation sites is 1. The molecule has 1 heterocycles. The number of fused-ring (bicyclic) bond motifs is 1. The molecule has 5 nitrogen and oxygen atoms in total. The number of ether oxygens (including phenoxy) is 1. The van der Waals surface area contributed by atoms with Gasteiger partial charge in [0.2, 0.25) is 0 Å². The van der Waals surface area contributed by atoms with E-state index in [1.54, 1.807) is 30.3 Å². The van der Waals surface area contributed by atoms with Crippen LogP contribution in [0.5, 0.6) is 5.75 Å². The number of benzene rings is 2. The molecule has 0 amide bonds. The zero-order valence-corrected chi connectivity index (χ0v) is 11.4. The Bertz CT molecular complexity index is 751. The summed E-state index contributed by atoms with van der Waals surface area (Å²) in [6.07, 6.45) is -1.77. The molecule has 110 valence electrons. The molecule has 0 aromatic heterocycles. The van der Waals surface area contributed by atoms with E-state index >= 15 is 0 Å². The molecule has 0 saturated carbocycles. The predicted molar refractivity (Wildman–Crippen MR) is 76.7 cm³/mol. The lowest BCUT2D eigenvalue weighted by molar-refractivity contribution is -0.140. The third kappa shape index (κ3) is 2.31. The lowest BCUT2D eigenvalue weighted by Crippen LogP contribution is -2.44. The smallest absolute Gasteiger partial charge is 0.325 e. The van der Waals surface area contributed by atoms with Crippen molar-refractivity contribution in [1.82, 2.24) is 0 Å². The summed E-state index contributed by atoms with van der Waals surface area (Å²) in [6.45, 7) is 0. The highest BCUT2D eigenvalue weighted by molar-refractivity contribution is 6.17. The lowest BCUT2D eigenvalue weighted by atomic mass is 9.86. The van der Waals surface area contributed by atoms with E-state index in [1.165, 1.54) is 24.3 Å². The van der Waals surface area contributed by atoms with Crippen molar-refractivity contribution < 1.29 is 24.2 Å². The van der Waals surface area contributed by atoms with E-state index in [-0.39, 0.29) is 16.9 Å². The summed E-state index contributed by atoms with van der Waals surface area (Å²) >= 11 is 0. The number of carbonyl (C=O) groups excluding carboxylic acids is 3. The summed E-state index contributed by atoms with van der Waals surface area (Å²) in [5.74, 6) is -3.60. The molecule has 5 heteroatoms. The van der Waals surface area contributed by atoms with E-state index in [4.69, 9.17) is 4.74 Å². The number of rotatable bonds is 3. The quantitative estimate of drug-likeness (QED) is 0.403. The highest BCUT2D eigenvalue weighted by atomic mass is 16.5. The standard InChI is InChI=1S/C17H12O5/c18-14(10-6-2-1-3-7-10)16(20)13-15(19)11-8-4-5-9-12(11)22-17(13)21/h1-9,13,16,20H. The molecule has 2 unspecified atom stereocenters. The predicted octanol–water partition coefficient (Wildman–Crippen LogP) is 1.65. The van der Waals surface area contributed by atoms with Crippen molar-refractivity contribution in [2.75, 3.05) is 0 Å². The molecule has 2 aromatic carbocycles. The number of hydrogen-bond donors (Lipinski definition) is 1. The molecule has 1 aliphatic rings. The molecule has 2 atom stereocenters. The molecule has 22 heavy (non-hydrogen) atoms. The summed E-state index contributed by atoms with van der Waals surface area (Å²) in [6, 6.07) is 14.3. The SMILES string of the molecule is O=C(c1ccccc1)C(O)C1C(=O)Oc2ccccc2C1=O.